The zero-order valence-corrected chi connectivity index (χ0v) is 11.8. The van der Waals surface area contributed by atoms with Crippen molar-refractivity contribution in [3.05, 3.63) is 24.3 Å². The Morgan fingerprint density at radius 1 is 1.40 bits per heavy atom. The van der Waals surface area contributed by atoms with Gasteiger partial charge in [-0.1, -0.05) is 24.3 Å². The van der Waals surface area contributed by atoms with Crippen molar-refractivity contribution < 1.29 is 24.2 Å². The molecule has 1 rings (SSSR count). The molecule has 0 aromatic rings. The normalized spacial score (nSPS) is 21.4. The number of esters is 1. The molecule has 0 amide bonds. The van der Waals surface area contributed by atoms with E-state index in [4.69, 9.17) is 14.6 Å². The van der Waals surface area contributed by atoms with E-state index in [9.17, 15) is 9.59 Å². The molecule has 5 heteroatoms. The summed E-state index contributed by atoms with van der Waals surface area (Å²) in [6, 6.07) is 0. The Morgan fingerprint density at radius 3 is 2.80 bits per heavy atom. The van der Waals surface area contributed by atoms with Gasteiger partial charge in [-0.05, 0) is 19.8 Å². The van der Waals surface area contributed by atoms with Crippen molar-refractivity contribution in [1.29, 1.82) is 0 Å². The van der Waals surface area contributed by atoms with Crippen LogP contribution in [0.15, 0.2) is 24.3 Å². The molecule has 0 aromatic carbocycles. The van der Waals surface area contributed by atoms with Crippen LogP contribution in [0.1, 0.15) is 26.2 Å². The molecule has 0 radical (unpaired) electrons. The van der Waals surface area contributed by atoms with E-state index in [1.54, 1.807) is 12.2 Å². The van der Waals surface area contributed by atoms with Crippen LogP contribution in [0.4, 0.5) is 0 Å². The minimum Gasteiger partial charge on any atom is -0.481 e. The monoisotopic (exact) mass is 282 g/mol. The van der Waals surface area contributed by atoms with E-state index < -0.39 is 23.8 Å². The number of ether oxygens (including phenoxy) is 2. The molecular weight excluding hydrogens is 260 g/mol. The van der Waals surface area contributed by atoms with Gasteiger partial charge in [0.2, 0.25) is 0 Å². The second kappa shape index (κ2) is 8.53. The first kappa shape index (κ1) is 16.4. The van der Waals surface area contributed by atoms with Gasteiger partial charge in [0.05, 0.1) is 31.7 Å². The average Bonchev–Trinajstić information content (AvgIpc) is 2.42. The van der Waals surface area contributed by atoms with Gasteiger partial charge in [0.1, 0.15) is 0 Å². The maximum absolute atomic E-state index is 11.9. The minimum atomic E-state index is -0.979. The lowest BCUT2D eigenvalue weighted by molar-refractivity contribution is -0.156. The van der Waals surface area contributed by atoms with Crippen molar-refractivity contribution in [2.24, 2.45) is 11.8 Å². The Morgan fingerprint density at radius 2 is 2.15 bits per heavy atom. The maximum atomic E-state index is 11.9. The van der Waals surface area contributed by atoms with Gasteiger partial charge < -0.3 is 14.6 Å². The summed E-state index contributed by atoms with van der Waals surface area (Å²) >= 11 is 0. The van der Waals surface area contributed by atoms with Crippen LogP contribution >= 0.6 is 0 Å². The molecule has 1 aliphatic carbocycles. The van der Waals surface area contributed by atoms with Crippen LogP contribution in [0.25, 0.3) is 0 Å². The van der Waals surface area contributed by atoms with Gasteiger partial charge in [0.25, 0.3) is 0 Å². The Labute approximate surface area is 119 Å². The molecule has 0 saturated carbocycles. The van der Waals surface area contributed by atoms with Crippen LogP contribution in [0, 0.1) is 11.8 Å². The van der Waals surface area contributed by atoms with Crippen molar-refractivity contribution in [3.8, 4) is 0 Å². The van der Waals surface area contributed by atoms with Crippen molar-refractivity contribution >= 4 is 11.9 Å². The van der Waals surface area contributed by atoms with Crippen LogP contribution in [0.5, 0.6) is 0 Å². The summed E-state index contributed by atoms with van der Waals surface area (Å²) in [7, 11) is 0. The Hall–Kier alpha value is -1.62. The molecule has 1 aliphatic rings. The molecular formula is C15H22O5. The van der Waals surface area contributed by atoms with Crippen LogP contribution < -0.4 is 0 Å². The molecule has 5 nitrogen and oxygen atoms in total. The molecule has 0 spiro atoms. The fourth-order valence-corrected chi connectivity index (χ4v) is 2.04. The van der Waals surface area contributed by atoms with E-state index in [1.807, 2.05) is 6.92 Å². The van der Waals surface area contributed by atoms with E-state index in [0.29, 0.717) is 32.5 Å². The van der Waals surface area contributed by atoms with Crippen LogP contribution in [0.3, 0.4) is 0 Å². The standard InChI is InChI=1S/C15H22O5/c1-11(2)10-19-8-5-9-20-15(18)13-7-4-3-6-12(13)14(16)17/h3,6,12-13H,1,4-5,7-10H2,2H3,(H,16,17). The lowest BCUT2D eigenvalue weighted by atomic mass is 9.84. The fourth-order valence-electron chi connectivity index (χ4n) is 2.04. The molecule has 2 atom stereocenters. The predicted octanol–water partition coefficient (Wildman–Crippen LogP) is 2.18. The summed E-state index contributed by atoms with van der Waals surface area (Å²) < 4.78 is 10.4. The summed E-state index contributed by atoms with van der Waals surface area (Å²) in [5.41, 5.74) is 0.945. The molecule has 0 aliphatic heterocycles. The largest absolute Gasteiger partial charge is 0.481 e. The molecule has 0 fully saturated rings. The van der Waals surface area contributed by atoms with Gasteiger partial charge in [-0.2, -0.15) is 0 Å². The lowest BCUT2D eigenvalue weighted by Gasteiger charge is -2.22. The van der Waals surface area contributed by atoms with E-state index >= 15 is 0 Å². The second-order valence-corrected chi connectivity index (χ2v) is 5.01. The zero-order chi connectivity index (χ0) is 15.0. The smallest absolute Gasteiger partial charge is 0.311 e. The second-order valence-electron chi connectivity index (χ2n) is 5.01. The first-order valence-electron chi connectivity index (χ1n) is 6.80. The highest BCUT2D eigenvalue weighted by atomic mass is 16.5. The quantitative estimate of drug-likeness (QED) is 0.419. The van der Waals surface area contributed by atoms with Gasteiger partial charge in [0.15, 0.2) is 0 Å². The predicted molar refractivity (Wildman–Crippen MR) is 74.2 cm³/mol. The van der Waals surface area contributed by atoms with E-state index in [2.05, 4.69) is 6.58 Å². The third kappa shape index (κ3) is 5.57. The van der Waals surface area contributed by atoms with Crippen molar-refractivity contribution in [3.63, 3.8) is 0 Å². The third-order valence-corrected chi connectivity index (χ3v) is 3.03. The van der Waals surface area contributed by atoms with E-state index in [-0.39, 0.29) is 6.61 Å². The molecule has 1 N–H and O–H groups in total. The third-order valence-electron chi connectivity index (χ3n) is 3.03. The minimum absolute atomic E-state index is 0.252. The summed E-state index contributed by atoms with van der Waals surface area (Å²) in [6.07, 6.45) is 5.21. The van der Waals surface area contributed by atoms with Gasteiger partial charge >= 0.3 is 11.9 Å². The number of hydrogen-bond acceptors (Lipinski definition) is 4. The highest BCUT2D eigenvalue weighted by Crippen LogP contribution is 2.26. The number of rotatable bonds is 8. The van der Waals surface area contributed by atoms with Crippen LogP contribution in [-0.4, -0.2) is 36.9 Å². The number of allylic oxidation sites excluding steroid dienone is 1. The SMILES string of the molecule is C=C(C)COCCCOC(=O)C1CCC=CC1C(=O)O. The van der Waals surface area contributed by atoms with Gasteiger partial charge in [-0.3, -0.25) is 9.59 Å². The Bertz CT molecular complexity index is 386. The molecule has 20 heavy (non-hydrogen) atoms. The molecule has 0 bridgehead atoms. The highest BCUT2D eigenvalue weighted by Gasteiger charge is 2.34. The molecule has 2 unspecified atom stereocenters. The van der Waals surface area contributed by atoms with Crippen LogP contribution in [0.2, 0.25) is 0 Å². The number of carboxylic acid groups (broad SMARTS) is 1. The summed E-state index contributed by atoms with van der Waals surface area (Å²) in [4.78, 5) is 22.9. The van der Waals surface area contributed by atoms with Gasteiger partial charge in [-0.15, -0.1) is 0 Å². The highest BCUT2D eigenvalue weighted by molar-refractivity contribution is 5.82. The fraction of sp³-hybridized carbons (Fsp3) is 0.600. The topological polar surface area (TPSA) is 72.8 Å². The van der Waals surface area contributed by atoms with Crippen molar-refractivity contribution in [2.45, 2.75) is 26.2 Å². The van der Waals surface area contributed by atoms with Crippen molar-refractivity contribution in [1.82, 2.24) is 0 Å². The number of hydrogen-bond donors (Lipinski definition) is 1. The molecule has 112 valence electrons. The van der Waals surface area contributed by atoms with Crippen LogP contribution in [-0.2, 0) is 19.1 Å². The van der Waals surface area contributed by atoms with Gasteiger partial charge in [-0.25, -0.2) is 0 Å². The lowest BCUT2D eigenvalue weighted by Crippen LogP contribution is -2.32. The van der Waals surface area contributed by atoms with Crippen molar-refractivity contribution in [2.75, 3.05) is 19.8 Å². The summed E-state index contributed by atoms with van der Waals surface area (Å²) in [5, 5.41) is 9.06. The van der Waals surface area contributed by atoms with Gasteiger partial charge in [0, 0.05) is 6.42 Å². The molecule has 0 aromatic heterocycles. The Balaban J connectivity index is 2.26. The number of aliphatic carboxylic acids is 1. The molecule has 0 saturated heterocycles. The summed E-state index contributed by atoms with van der Waals surface area (Å²) in [5.74, 6) is -2.75. The number of carbonyl (C=O) groups excluding carboxylic acids is 1. The van der Waals surface area contributed by atoms with E-state index in [0.717, 1.165) is 5.57 Å². The summed E-state index contributed by atoms with van der Waals surface area (Å²) in [6.45, 7) is 6.84. The Kier molecular flexibility index (Phi) is 7.01. The maximum Gasteiger partial charge on any atom is 0.311 e. The first-order chi connectivity index (χ1) is 9.52. The molecule has 0 heterocycles. The zero-order valence-electron chi connectivity index (χ0n) is 11.8. The average molecular weight is 282 g/mol. The van der Waals surface area contributed by atoms with E-state index in [1.165, 1.54) is 0 Å². The number of carbonyl (C=O) groups is 2. The first-order valence-corrected chi connectivity index (χ1v) is 6.80. The number of carboxylic acids is 1.